The maximum atomic E-state index is 10.9. The zero-order valence-corrected chi connectivity index (χ0v) is 22.0. The quantitative estimate of drug-likeness (QED) is 0.364. The molecule has 0 saturated carbocycles. The van der Waals surface area contributed by atoms with Gasteiger partial charge >= 0.3 is 0 Å². The number of aliphatic hydroxyl groups is 1. The normalized spacial score (nSPS) is 15.8. The number of aryl methyl sites for hydroxylation is 1. The minimum atomic E-state index is -0.517. The Kier molecular flexibility index (Phi) is 6.57. The second kappa shape index (κ2) is 10.3. The smallest absolute Gasteiger partial charge is 0.128 e. The van der Waals surface area contributed by atoms with Crippen molar-refractivity contribution in [1.82, 2.24) is 29.3 Å². The van der Waals surface area contributed by atoms with E-state index in [1.54, 1.807) is 15.4 Å². The summed E-state index contributed by atoms with van der Waals surface area (Å²) in [6, 6.07) is 18.3. The zero-order valence-electron chi connectivity index (χ0n) is 22.0. The van der Waals surface area contributed by atoms with Crippen LogP contribution in [0.15, 0.2) is 79.5 Å². The molecule has 1 aliphatic heterocycles. The molecule has 1 fully saturated rings. The summed E-state index contributed by atoms with van der Waals surface area (Å²) in [6.07, 6.45) is 8.66. The molecule has 6 rings (SSSR count). The Balaban J connectivity index is 1.21. The van der Waals surface area contributed by atoms with E-state index >= 15 is 0 Å². The summed E-state index contributed by atoms with van der Waals surface area (Å²) in [5, 5.41) is 29.3. The first-order valence-corrected chi connectivity index (χ1v) is 13.1. The second-order valence-electron chi connectivity index (χ2n) is 10.0. The Morgan fingerprint density at radius 2 is 1.69 bits per heavy atom. The van der Waals surface area contributed by atoms with E-state index in [1.807, 2.05) is 68.2 Å². The van der Waals surface area contributed by atoms with Crippen LogP contribution in [0.4, 0.5) is 5.82 Å². The molecule has 0 amide bonds. The minimum absolute atomic E-state index is 0.0318. The third-order valence-electron chi connectivity index (χ3n) is 7.64. The molecule has 9 nitrogen and oxygen atoms in total. The topological polar surface area (TPSA) is 98.5 Å². The summed E-state index contributed by atoms with van der Waals surface area (Å²) in [7, 11) is 1.89. The highest BCUT2D eigenvalue weighted by atomic mass is 16.3. The number of rotatable bonds is 6. The third-order valence-corrected chi connectivity index (χ3v) is 7.64. The highest BCUT2D eigenvalue weighted by Gasteiger charge is 2.27. The Hall–Kier alpha value is -4.52. The minimum Gasteiger partial charge on any atom is -0.387 e. The number of hydrogen-bond donors (Lipinski definition) is 1. The van der Waals surface area contributed by atoms with Gasteiger partial charge in [-0.3, -0.25) is 9.58 Å². The summed E-state index contributed by atoms with van der Waals surface area (Å²) < 4.78 is 3.52. The standard InChI is InChI=1S/C30H30N8O/c1-21(30(39)22-6-4-3-5-7-22)36-10-12-37(13-11-36)28-9-8-23(16-32-28)27-14-24(26-18-33-35(2)19-26)20-38-29(27)25(15-31)17-34-38/h3-9,14,16-21,30,39H,10-13H2,1-2H3. The molecule has 196 valence electrons. The van der Waals surface area contributed by atoms with Gasteiger partial charge in [0.15, 0.2) is 0 Å². The van der Waals surface area contributed by atoms with Crippen LogP contribution in [-0.2, 0) is 7.05 Å². The van der Waals surface area contributed by atoms with Gasteiger partial charge in [-0.05, 0) is 30.7 Å². The van der Waals surface area contributed by atoms with Crippen LogP contribution >= 0.6 is 0 Å². The zero-order chi connectivity index (χ0) is 26.9. The molecule has 1 saturated heterocycles. The number of aliphatic hydroxyl groups excluding tert-OH is 1. The maximum absolute atomic E-state index is 10.9. The molecule has 1 N–H and O–H groups in total. The van der Waals surface area contributed by atoms with E-state index in [9.17, 15) is 10.4 Å². The van der Waals surface area contributed by atoms with Crippen molar-refractivity contribution in [2.24, 2.45) is 7.05 Å². The molecule has 5 heterocycles. The highest BCUT2D eigenvalue weighted by Crippen LogP contribution is 2.32. The van der Waals surface area contributed by atoms with Gasteiger partial charge in [0.25, 0.3) is 0 Å². The number of aromatic nitrogens is 5. The predicted molar refractivity (Wildman–Crippen MR) is 150 cm³/mol. The van der Waals surface area contributed by atoms with E-state index in [1.165, 1.54) is 0 Å². The van der Waals surface area contributed by atoms with Crippen LogP contribution in [0.3, 0.4) is 0 Å². The number of nitriles is 1. The number of fused-ring (bicyclic) bond motifs is 1. The van der Waals surface area contributed by atoms with Crippen LogP contribution in [0.1, 0.15) is 24.2 Å². The number of hydrogen-bond acceptors (Lipinski definition) is 7. The van der Waals surface area contributed by atoms with Crippen LogP contribution in [0.2, 0.25) is 0 Å². The lowest BCUT2D eigenvalue weighted by molar-refractivity contribution is 0.0545. The summed E-state index contributed by atoms with van der Waals surface area (Å²) in [4.78, 5) is 9.43. The number of pyridine rings is 2. The molecule has 5 aromatic rings. The Morgan fingerprint density at radius 1 is 0.897 bits per heavy atom. The SMILES string of the molecule is CC(C(O)c1ccccc1)N1CCN(c2ccc(-c3cc(-c4cnn(C)c4)cn4ncc(C#N)c34)cn2)CC1. The van der Waals surface area contributed by atoms with Crippen LogP contribution < -0.4 is 4.90 Å². The maximum Gasteiger partial charge on any atom is 0.128 e. The second-order valence-corrected chi connectivity index (χ2v) is 10.0. The van der Waals surface area contributed by atoms with Crippen molar-refractivity contribution in [2.45, 2.75) is 19.1 Å². The molecular weight excluding hydrogens is 488 g/mol. The Bertz CT molecular complexity index is 1630. The van der Waals surface area contributed by atoms with Gasteiger partial charge in [0.2, 0.25) is 0 Å². The molecule has 2 atom stereocenters. The first-order chi connectivity index (χ1) is 19.0. The van der Waals surface area contributed by atoms with Gasteiger partial charge < -0.3 is 10.0 Å². The van der Waals surface area contributed by atoms with Crippen molar-refractivity contribution in [2.75, 3.05) is 31.1 Å². The highest BCUT2D eigenvalue weighted by molar-refractivity contribution is 5.87. The van der Waals surface area contributed by atoms with E-state index in [0.717, 1.165) is 65.3 Å². The fourth-order valence-electron chi connectivity index (χ4n) is 5.37. The molecule has 0 spiro atoms. The van der Waals surface area contributed by atoms with E-state index in [0.29, 0.717) is 5.56 Å². The largest absolute Gasteiger partial charge is 0.387 e. The molecule has 0 radical (unpaired) electrons. The van der Waals surface area contributed by atoms with E-state index in [-0.39, 0.29) is 6.04 Å². The first-order valence-electron chi connectivity index (χ1n) is 13.1. The molecule has 0 bridgehead atoms. The molecule has 1 aliphatic rings. The van der Waals surface area contributed by atoms with Crippen LogP contribution in [0, 0.1) is 11.3 Å². The van der Waals surface area contributed by atoms with Gasteiger partial charge in [0, 0.05) is 80.1 Å². The van der Waals surface area contributed by atoms with Gasteiger partial charge in [0.05, 0.1) is 29.6 Å². The monoisotopic (exact) mass is 518 g/mol. The van der Waals surface area contributed by atoms with E-state index < -0.39 is 6.10 Å². The van der Waals surface area contributed by atoms with Crippen LogP contribution in [-0.4, -0.2) is 66.6 Å². The van der Waals surface area contributed by atoms with Crippen molar-refractivity contribution in [1.29, 1.82) is 5.26 Å². The molecular formula is C30H30N8O. The summed E-state index contributed by atoms with van der Waals surface area (Å²) in [5.74, 6) is 0.920. The lowest BCUT2D eigenvalue weighted by Gasteiger charge is -2.40. The predicted octanol–water partition coefficient (Wildman–Crippen LogP) is 3.91. The van der Waals surface area contributed by atoms with Gasteiger partial charge in [-0.1, -0.05) is 30.3 Å². The molecule has 2 unspecified atom stereocenters. The lowest BCUT2D eigenvalue weighted by atomic mass is 10.0. The van der Waals surface area contributed by atoms with Gasteiger partial charge in [-0.2, -0.15) is 15.5 Å². The average Bonchev–Trinajstić information content (AvgIpc) is 3.62. The van der Waals surface area contributed by atoms with E-state index in [4.69, 9.17) is 4.98 Å². The lowest BCUT2D eigenvalue weighted by Crippen LogP contribution is -2.51. The number of anilines is 1. The van der Waals surface area contributed by atoms with Gasteiger partial charge in [0.1, 0.15) is 11.9 Å². The van der Waals surface area contributed by atoms with Crippen molar-refractivity contribution in [3.8, 4) is 28.3 Å². The fourth-order valence-corrected chi connectivity index (χ4v) is 5.37. The van der Waals surface area contributed by atoms with Gasteiger partial charge in [-0.25, -0.2) is 9.50 Å². The van der Waals surface area contributed by atoms with E-state index in [2.05, 4.69) is 45.1 Å². The molecule has 0 aliphatic carbocycles. The molecule has 4 aromatic heterocycles. The van der Waals surface area contributed by atoms with Crippen LogP contribution in [0.25, 0.3) is 27.8 Å². The Morgan fingerprint density at radius 3 is 2.36 bits per heavy atom. The number of nitrogens with zero attached hydrogens (tertiary/aromatic N) is 8. The van der Waals surface area contributed by atoms with Gasteiger partial charge in [-0.15, -0.1) is 0 Å². The molecule has 39 heavy (non-hydrogen) atoms. The summed E-state index contributed by atoms with van der Waals surface area (Å²) in [6.45, 7) is 5.46. The third kappa shape index (κ3) is 4.76. The Labute approximate surface area is 227 Å². The van der Waals surface area contributed by atoms with Crippen molar-refractivity contribution >= 4 is 11.3 Å². The van der Waals surface area contributed by atoms with Crippen molar-refractivity contribution in [3.63, 3.8) is 0 Å². The number of benzene rings is 1. The van der Waals surface area contributed by atoms with Crippen LogP contribution in [0.5, 0.6) is 0 Å². The fraction of sp³-hybridized carbons (Fsp3) is 0.267. The average molecular weight is 519 g/mol. The van der Waals surface area contributed by atoms with Crippen molar-refractivity contribution in [3.05, 3.63) is 90.6 Å². The summed E-state index contributed by atoms with van der Waals surface area (Å²) in [5.41, 5.74) is 6.00. The number of piperazine rings is 1. The summed E-state index contributed by atoms with van der Waals surface area (Å²) >= 11 is 0. The molecule has 9 heteroatoms. The van der Waals surface area contributed by atoms with Crippen molar-refractivity contribution < 1.29 is 5.11 Å². The first kappa shape index (κ1) is 24.8. The molecule has 1 aromatic carbocycles.